The van der Waals surface area contributed by atoms with Crippen LogP contribution in [0.3, 0.4) is 0 Å². The number of urea groups is 1. The van der Waals surface area contributed by atoms with Crippen LogP contribution in [0.25, 0.3) is 0 Å². The zero-order valence-corrected chi connectivity index (χ0v) is 9.44. The van der Waals surface area contributed by atoms with Gasteiger partial charge in [-0.25, -0.2) is 4.79 Å². The Balaban J connectivity index is 1.81. The molecule has 1 aliphatic rings. The molecule has 0 aromatic heterocycles. The van der Waals surface area contributed by atoms with E-state index in [9.17, 15) is 4.79 Å². The van der Waals surface area contributed by atoms with E-state index in [1.54, 1.807) is 0 Å². The minimum Gasteiger partial charge on any atom is -0.334 e. The van der Waals surface area contributed by atoms with Crippen LogP contribution in [0.15, 0.2) is 30.3 Å². The van der Waals surface area contributed by atoms with E-state index >= 15 is 0 Å². The monoisotopic (exact) mass is 219 g/mol. The molecule has 4 heteroatoms. The molecule has 86 valence electrons. The highest BCUT2D eigenvalue weighted by atomic mass is 16.2. The number of amides is 2. The first-order chi connectivity index (χ1) is 7.74. The van der Waals surface area contributed by atoms with Crippen LogP contribution in [0.2, 0.25) is 0 Å². The van der Waals surface area contributed by atoms with Crippen LogP contribution >= 0.6 is 0 Å². The van der Waals surface area contributed by atoms with Crippen LogP contribution in [0.5, 0.6) is 0 Å². The van der Waals surface area contributed by atoms with Crippen molar-refractivity contribution in [2.75, 3.05) is 25.5 Å². The van der Waals surface area contributed by atoms with E-state index in [0.717, 1.165) is 25.2 Å². The first-order valence-electron chi connectivity index (χ1n) is 5.55. The Labute approximate surface area is 95.6 Å². The molecule has 4 nitrogen and oxygen atoms in total. The predicted octanol–water partition coefficient (Wildman–Crippen LogP) is 1.51. The van der Waals surface area contributed by atoms with Gasteiger partial charge in [0.25, 0.3) is 0 Å². The number of hydrogen-bond donors (Lipinski definition) is 2. The number of anilines is 1. The molecule has 2 amide bonds. The number of hydrogen-bond acceptors (Lipinski definition) is 2. The number of para-hydroxylation sites is 1. The van der Waals surface area contributed by atoms with Gasteiger partial charge in [-0.1, -0.05) is 18.2 Å². The quantitative estimate of drug-likeness (QED) is 0.792. The van der Waals surface area contributed by atoms with Crippen molar-refractivity contribution in [3.8, 4) is 0 Å². The Bertz CT molecular complexity index is 353. The average molecular weight is 219 g/mol. The zero-order valence-electron chi connectivity index (χ0n) is 9.44. The van der Waals surface area contributed by atoms with Gasteiger partial charge in [0.05, 0.1) is 0 Å². The minimum atomic E-state index is -0.119. The highest BCUT2D eigenvalue weighted by molar-refractivity contribution is 5.89. The van der Waals surface area contributed by atoms with Crippen LogP contribution in [0, 0.1) is 0 Å². The Hall–Kier alpha value is -1.55. The molecular formula is C12H17N3O. The van der Waals surface area contributed by atoms with Crippen molar-refractivity contribution in [3.63, 3.8) is 0 Å². The second-order valence-corrected chi connectivity index (χ2v) is 4.21. The highest BCUT2D eigenvalue weighted by Gasteiger charge is 2.20. The van der Waals surface area contributed by atoms with Crippen LogP contribution < -0.4 is 10.6 Å². The van der Waals surface area contributed by atoms with Crippen molar-refractivity contribution in [1.82, 2.24) is 10.2 Å². The number of nitrogens with zero attached hydrogens (tertiary/aromatic N) is 1. The van der Waals surface area contributed by atoms with Gasteiger partial charge in [0.1, 0.15) is 0 Å². The summed E-state index contributed by atoms with van der Waals surface area (Å²) in [4.78, 5) is 13.9. The molecule has 1 aliphatic heterocycles. The van der Waals surface area contributed by atoms with Crippen LogP contribution in [-0.2, 0) is 0 Å². The van der Waals surface area contributed by atoms with Gasteiger partial charge < -0.3 is 15.5 Å². The molecular weight excluding hydrogens is 202 g/mol. The van der Waals surface area contributed by atoms with Gasteiger partial charge in [0, 0.05) is 18.3 Å². The van der Waals surface area contributed by atoms with E-state index in [1.165, 1.54) is 0 Å². The molecule has 0 spiro atoms. The summed E-state index contributed by atoms with van der Waals surface area (Å²) in [5.41, 5.74) is 0.825. The molecule has 2 N–H and O–H groups in total. The van der Waals surface area contributed by atoms with Crippen LogP contribution in [0.4, 0.5) is 10.5 Å². The van der Waals surface area contributed by atoms with Crippen molar-refractivity contribution in [1.29, 1.82) is 0 Å². The molecule has 0 bridgehead atoms. The molecule has 1 aromatic rings. The third-order valence-electron chi connectivity index (χ3n) is 2.76. The van der Waals surface area contributed by atoms with Crippen molar-refractivity contribution in [3.05, 3.63) is 30.3 Å². The zero-order chi connectivity index (χ0) is 11.4. The Kier molecular flexibility index (Phi) is 3.41. The molecule has 1 unspecified atom stereocenters. The number of likely N-dealkylation sites (N-methyl/N-ethyl adjacent to an activating group) is 1. The first-order valence-corrected chi connectivity index (χ1v) is 5.55. The van der Waals surface area contributed by atoms with Gasteiger partial charge in [-0.2, -0.15) is 0 Å². The van der Waals surface area contributed by atoms with E-state index < -0.39 is 0 Å². The van der Waals surface area contributed by atoms with Gasteiger partial charge >= 0.3 is 6.03 Å². The number of carbonyl (C=O) groups excluding carboxylic acids is 1. The average Bonchev–Trinajstić information content (AvgIpc) is 2.65. The number of benzene rings is 1. The summed E-state index contributed by atoms with van der Waals surface area (Å²) in [5.74, 6) is 0. The van der Waals surface area contributed by atoms with Crippen LogP contribution in [0.1, 0.15) is 6.42 Å². The van der Waals surface area contributed by atoms with E-state index in [-0.39, 0.29) is 12.1 Å². The maximum absolute atomic E-state index is 11.6. The summed E-state index contributed by atoms with van der Waals surface area (Å²) < 4.78 is 0. The van der Waals surface area contributed by atoms with E-state index in [2.05, 4.69) is 22.6 Å². The molecule has 1 atom stereocenters. The molecule has 0 radical (unpaired) electrons. The maximum Gasteiger partial charge on any atom is 0.319 e. The van der Waals surface area contributed by atoms with E-state index in [4.69, 9.17) is 0 Å². The SMILES string of the molecule is CN1CCC(NC(=O)Nc2ccccc2)C1. The highest BCUT2D eigenvalue weighted by Crippen LogP contribution is 2.08. The van der Waals surface area contributed by atoms with Crippen molar-refractivity contribution < 1.29 is 4.79 Å². The smallest absolute Gasteiger partial charge is 0.319 e. The second-order valence-electron chi connectivity index (χ2n) is 4.21. The maximum atomic E-state index is 11.6. The lowest BCUT2D eigenvalue weighted by atomic mass is 10.3. The van der Waals surface area contributed by atoms with Gasteiger partial charge in [-0.3, -0.25) is 0 Å². The molecule has 16 heavy (non-hydrogen) atoms. The summed E-state index contributed by atoms with van der Waals surface area (Å²) in [7, 11) is 2.07. The summed E-state index contributed by atoms with van der Waals surface area (Å²) in [6, 6.07) is 9.63. The summed E-state index contributed by atoms with van der Waals surface area (Å²) in [6.07, 6.45) is 1.03. The molecule has 1 aromatic carbocycles. The molecule has 2 rings (SSSR count). The predicted molar refractivity (Wildman–Crippen MR) is 64.5 cm³/mol. The fourth-order valence-corrected chi connectivity index (χ4v) is 1.93. The lowest BCUT2D eigenvalue weighted by molar-refractivity contribution is 0.248. The minimum absolute atomic E-state index is 0.119. The molecule has 1 heterocycles. The van der Waals surface area contributed by atoms with Crippen molar-refractivity contribution >= 4 is 11.7 Å². The largest absolute Gasteiger partial charge is 0.334 e. The number of nitrogens with one attached hydrogen (secondary N) is 2. The standard InChI is InChI=1S/C12H17N3O/c1-15-8-7-11(9-15)14-12(16)13-10-5-3-2-4-6-10/h2-6,11H,7-9H2,1H3,(H2,13,14,16). The third kappa shape index (κ3) is 2.97. The summed E-state index contributed by atoms with van der Waals surface area (Å²) >= 11 is 0. The fraction of sp³-hybridized carbons (Fsp3) is 0.417. The third-order valence-corrected chi connectivity index (χ3v) is 2.76. The van der Waals surface area contributed by atoms with Gasteiger partial charge in [0.15, 0.2) is 0 Å². The lowest BCUT2D eigenvalue weighted by Crippen LogP contribution is -2.39. The molecule has 0 saturated carbocycles. The van der Waals surface area contributed by atoms with E-state index in [0.29, 0.717) is 0 Å². The topological polar surface area (TPSA) is 44.4 Å². The van der Waals surface area contributed by atoms with Crippen LogP contribution in [-0.4, -0.2) is 37.1 Å². The summed E-state index contributed by atoms with van der Waals surface area (Å²) in [5, 5.41) is 5.78. The Morgan fingerprint density at radius 1 is 1.38 bits per heavy atom. The molecule has 0 aliphatic carbocycles. The molecule has 1 fully saturated rings. The number of rotatable bonds is 2. The fourth-order valence-electron chi connectivity index (χ4n) is 1.93. The van der Waals surface area contributed by atoms with Crippen molar-refractivity contribution in [2.24, 2.45) is 0 Å². The number of carbonyl (C=O) groups is 1. The van der Waals surface area contributed by atoms with Gasteiger partial charge in [-0.05, 0) is 32.1 Å². The Morgan fingerprint density at radius 2 is 2.12 bits per heavy atom. The number of likely N-dealkylation sites (tertiary alicyclic amines) is 1. The Morgan fingerprint density at radius 3 is 2.75 bits per heavy atom. The molecule has 1 saturated heterocycles. The van der Waals surface area contributed by atoms with E-state index in [1.807, 2.05) is 30.3 Å². The second kappa shape index (κ2) is 4.99. The van der Waals surface area contributed by atoms with Crippen molar-refractivity contribution in [2.45, 2.75) is 12.5 Å². The van der Waals surface area contributed by atoms with Gasteiger partial charge in [0.2, 0.25) is 0 Å². The summed E-state index contributed by atoms with van der Waals surface area (Å²) in [6.45, 7) is 1.98. The first kappa shape index (κ1) is 11.0. The van der Waals surface area contributed by atoms with Gasteiger partial charge in [-0.15, -0.1) is 0 Å². The normalized spacial score (nSPS) is 20.7. The lowest BCUT2D eigenvalue weighted by Gasteiger charge is -2.13.